The van der Waals surface area contributed by atoms with E-state index < -0.39 is 0 Å². The van der Waals surface area contributed by atoms with Gasteiger partial charge in [-0.15, -0.1) is 0 Å². The van der Waals surface area contributed by atoms with Gasteiger partial charge in [-0.05, 0) is 54.5 Å². The third kappa shape index (κ3) is 5.17. The van der Waals surface area contributed by atoms with Crippen LogP contribution in [-0.2, 0) is 28.9 Å². The van der Waals surface area contributed by atoms with Crippen molar-refractivity contribution in [2.75, 3.05) is 19.0 Å². The third-order valence-electron chi connectivity index (χ3n) is 5.58. The van der Waals surface area contributed by atoms with Crippen molar-refractivity contribution in [3.8, 4) is 5.75 Å². The van der Waals surface area contributed by atoms with E-state index in [9.17, 15) is 9.59 Å². The summed E-state index contributed by atoms with van der Waals surface area (Å²) in [5, 5.41) is 6.06. The lowest BCUT2D eigenvalue weighted by molar-refractivity contribution is -0.125. The maximum absolute atomic E-state index is 12.7. The topological polar surface area (TPSA) is 67.4 Å². The highest BCUT2D eigenvalue weighted by atomic mass is 16.5. The number of benzene rings is 2. The molecule has 29 heavy (non-hydrogen) atoms. The predicted octanol–water partition coefficient (Wildman–Crippen LogP) is 3.75. The molecule has 154 valence electrons. The van der Waals surface area contributed by atoms with Gasteiger partial charge in [-0.2, -0.15) is 0 Å². The molecule has 5 nitrogen and oxygen atoms in total. The van der Waals surface area contributed by atoms with Gasteiger partial charge in [0.1, 0.15) is 5.75 Å². The zero-order chi connectivity index (χ0) is 20.8. The number of carbonyl (C=O) groups is 2. The largest absolute Gasteiger partial charge is 0.497 e. The quantitative estimate of drug-likeness (QED) is 0.681. The summed E-state index contributed by atoms with van der Waals surface area (Å²) >= 11 is 0. The Labute approximate surface area is 172 Å². The van der Waals surface area contributed by atoms with Gasteiger partial charge in [-0.1, -0.05) is 44.2 Å². The molecule has 2 unspecified atom stereocenters. The predicted molar refractivity (Wildman–Crippen MR) is 115 cm³/mol. The first kappa shape index (κ1) is 20.9. The van der Waals surface area contributed by atoms with Crippen molar-refractivity contribution in [3.05, 3.63) is 59.2 Å². The molecular formula is C24H30N2O3. The highest BCUT2D eigenvalue weighted by Gasteiger charge is 2.48. The molecule has 0 radical (unpaired) electrons. The number of rotatable bonds is 9. The van der Waals surface area contributed by atoms with E-state index in [0.717, 1.165) is 47.4 Å². The van der Waals surface area contributed by atoms with Crippen molar-refractivity contribution in [1.82, 2.24) is 5.32 Å². The average Bonchev–Trinajstić information content (AvgIpc) is 3.55. The van der Waals surface area contributed by atoms with Gasteiger partial charge in [-0.3, -0.25) is 9.59 Å². The Morgan fingerprint density at radius 2 is 1.59 bits per heavy atom. The van der Waals surface area contributed by atoms with Crippen molar-refractivity contribution in [3.63, 3.8) is 0 Å². The molecule has 2 amide bonds. The molecule has 2 N–H and O–H groups in total. The molecule has 2 atom stereocenters. The fourth-order valence-corrected chi connectivity index (χ4v) is 3.65. The summed E-state index contributed by atoms with van der Waals surface area (Å²) in [6, 6.07) is 13.9. The second kappa shape index (κ2) is 9.59. The fraction of sp³-hybridized carbons (Fsp3) is 0.417. The molecule has 2 aromatic rings. The summed E-state index contributed by atoms with van der Waals surface area (Å²) in [6.45, 7) is 4.73. The van der Waals surface area contributed by atoms with Crippen LogP contribution in [0.1, 0.15) is 37.0 Å². The summed E-state index contributed by atoms with van der Waals surface area (Å²) in [4.78, 5) is 25.1. The molecule has 1 aliphatic carbocycles. The number of para-hydroxylation sites is 1. The monoisotopic (exact) mass is 394 g/mol. The Kier molecular flexibility index (Phi) is 6.91. The van der Waals surface area contributed by atoms with Crippen molar-refractivity contribution in [2.24, 2.45) is 11.8 Å². The van der Waals surface area contributed by atoms with Crippen LogP contribution >= 0.6 is 0 Å². The van der Waals surface area contributed by atoms with E-state index in [-0.39, 0.29) is 23.7 Å². The maximum atomic E-state index is 12.7. The van der Waals surface area contributed by atoms with Crippen molar-refractivity contribution < 1.29 is 14.3 Å². The van der Waals surface area contributed by atoms with Crippen LogP contribution in [-0.4, -0.2) is 25.5 Å². The summed E-state index contributed by atoms with van der Waals surface area (Å²) < 4.78 is 5.15. The minimum absolute atomic E-state index is 0.0295. The number of ether oxygens (including phenoxy) is 1. The average molecular weight is 395 g/mol. The number of carbonyl (C=O) groups excluding carboxylic acids is 2. The molecule has 5 heteroatoms. The van der Waals surface area contributed by atoms with Crippen LogP contribution in [0.25, 0.3) is 0 Å². The Morgan fingerprint density at radius 1 is 0.966 bits per heavy atom. The highest BCUT2D eigenvalue weighted by Crippen LogP contribution is 2.40. The summed E-state index contributed by atoms with van der Waals surface area (Å²) in [6.07, 6.45) is 3.10. The van der Waals surface area contributed by atoms with Gasteiger partial charge >= 0.3 is 0 Å². The van der Waals surface area contributed by atoms with Gasteiger partial charge in [0, 0.05) is 12.2 Å². The van der Waals surface area contributed by atoms with Crippen molar-refractivity contribution >= 4 is 17.5 Å². The van der Waals surface area contributed by atoms with Gasteiger partial charge in [0.05, 0.1) is 18.9 Å². The summed E-state index contributed by atoms with van der Waals surface area (Å²) in [5.74, 6) is 0.296. The summed E-state index contributed by atoms with van der Waals surface area (Å²) in [7, 11) is 1.64. The first-order valence-corrected chi connectivity index (χ1v) is 10.4. The molecule has 1 aliphatic rings. The van der Waals surface area contributed by atoms with Crippen LogP contribution in [0.4, 0.5) is 5.69 Å². The molecule has 1 saturated carbocycles. The standard InChI is InChI=1S/C24H30N2O3/c1-4-17-7-6-8-18(5-2)22(17)26-24(28)21-15-20(21)23(27)25-14-13-16-9-11-19(29-3)12-10-16/h6-12,20-21H,4-5,13-15H2,1-3H3,(H,25,27)(H,26,28). The number of anilines is 1. The van der Waals surface area contributed by atoms with Gasteiger partial charge < -0.3 is 15.4 Å². The van der Waals surface area contributed by atoms with E-state index in [1.807, 2.05) is 42.5 Å². The molecule has 1 fully saturated rings. The Morgan fingerprint density at radius 3 is 2.17 bits per heavy atom. The number of hydrogen-bond acceptors (Lipinski definition) is 3. The van der Waals surface area contributed by atoms with Crippen LogP contribution in [0.15, 0.2) is 42.5 Å². The van der Waals surface area contributed by atoms with Gasteiger partial charge in [-0.25, -0.2) is 0 Å². The van der Waals surface area contributed by atoms with Crippen LogP contribution in [0.2, 0.25) is 0 Å². The molecule has 0 aliphatic heterocycles. The second-order valence-corrected chi connectivity index (χ2v) is 7.49. The maximum Gasteiger partial charge on any atom is 0.228 e. The lowest BCUT2D eigenvalue weighted by atomic mass is 10.0. The van der Waals surface area contributed by atoms with E-state index in [2.05, 4.69) is 24.5 Å². The molecule has 0 heterocycles. The molecule has 2 aromatic carbocycles. The van der Waals surface area contributed by atoms with Crippen molar-refractivity contribution in [2.45, 2.75) is 39.5 Å². The minimum Gasteiger partial charge on any atom is -0.497 e. The van der Waals surface area contributed by atoms with Crippen molar-refractivity contribution in [1.29, 1.82) is 0 Å². The van der Waals surface area contributed by atoms with E-state index in [1.54, 1.807) is 7.11 Å². The van der Waals surface area contributed by atoms with Gasteiger partial charge in [0.2, 0.25) is 11.8 Å². The Balaban J connectivity index is 1.48. The number of amides is 2. The Hall–Kier alpha value is -2.82. The van der Waals surface area contributed by atoms with Crippen LogP contribution in [0.5, 0.6) is 5.75 Å². The van der Waals surface area contributed by atoms with E-state index in [0.29, 0.717) is 13.0 Å². The van der Waals surface area contributed by atoms with Crippen LogP contribution < -0.4 is 15.4 Å². The van der Waals surface area contributed by atoms with Gasteiger partial charge in [0.15, 0.2) is 0 Å². The zero-order valence-corrected chi connectivity index (χ0v) is 17.5. The fourth-order valence-electron chi connectivity index (χ4n) is 3.65. The second-order valence-electron chi connectivity index (χ2n) is 7.49. The molecular weight excluding hydrogens is 364 g/mol. The number of aryl methyl sites for hydroxylation is 2. The lowest BCUT2D eigenvalue weighted by Gasteiger charge is -2.14. The first-order chi connectivity index (χ1) is 14.1. The van der Waals surface area contributed by atoms with Crippen LogP contribution in [0.3, 0.4) is 0 Å². The highest BCUT2D eigenvalue weighted by molar-refractivity contribution is 6.00. The molecule has 0 saturated heterocycles. The number of methoxy groups -OCH3 is 1. The smallest absolute Gasteiger partial charge is 0.228 e. The molecule has 0 aromatic heterocycles. The van der Waals surface area contributed by atoms with E-state index >= 15 is 0 Å². The number of hydrogen-bond donors (Lipinski definition) is 2. The molecule has 0 bridgehead atoms. The lowest BCUT2D eigenvalue weighted by Crippen LogP contribution is -2.29. The van der Waals surface area contributed by atoms with Gasteiger partial charge in [0.25, 0.3) is 0 Å². The SMILES string of the molecule is CCc1cccc(CC)c1NC(=O)C1CC1C(=O)NCCc1ccc(OC)cc1. The molecule has 0 spiro atoms. The minimum atomic E-state index is -0.231. The summed E-state index contributed by atoms with van der Waals surface area (Å²) in [5.41, 5.74) is 4.34. The van der Waals surface area contributed by atoms with Crippen LogP contribution in [0, 0.1) is 11.8 Å². The normalized spacial score (nSPS) is 17.5. The Bertz CT molecular complexity index is 839. The molecule has 3 rings (SSSR count). The van der Waals surface area contributed by atoms with E-state index in [4.69, 9.17) is 4.74 Å². The zero-order valence-electron chi connectivity index (χ0n) is 17.5. The first-order valence-electron chi connectivity index (χ1n) is 10.4. The van der Waals surface area contributed by atoms with E-state index in [1.165, 1.54) is 0 Å². The third-order valence-corrected chi connectivity index (χ3v) is 5.58. The number of nitrogens with one attached hydrogen (secondary N) is 2.